The van der Waals surface area contributed by atoms with Crippen LogP contribution < -0.4 is 10.2 Å². The van der Waals surface area contributed by atoms with E-state index in [0.717, 1.165) is 25.5 Å². The highest BCUT2D eigenvalue weighted by atomic mass is 32.2. The van der Waals surface area contributed by atoms with Gasteiger partial charge in [-0.3, -0.25) is 0 Å². The fourth-order valence-corrected chi connectivity index (χ4v) is 3.28. The molecule has 19 heavy (non-hydrogen) atoms. The maximum Gasteiger partial charge on any atom is 0.128 e. The molecule has 0 saturated carbocycles. The van der Waals surface area contributed by atoms with Crippen molar-refractivity contribution >= 4 is 17.6 Å². The van der Waals surface area contributed by atoms with Gasteiger partial charge < -0.3 is 10.2 Å². The molecule has 0 amide bonds. The van der Waals surface area contributed by atoms with Crippen LogP contribution in [0.5, 0.6) is 0 Å². The normalized spacial score (nSPS) is 20.0. The molecule has 1 N–H and O–H groups in total. The highest BCUT2D eigenvalue weighted by Crippen LogP contribution is 2.22. The molecule has 1 aromatic heterocycles. The van der Waals surface area contributed by atoms with Crippen LogP contribution in [0.15, 0.2) is 18.3 Å². The Morgan fingerprint density at radius 3 is 2.95 bits per heavy atom. The number of aromatic nitrogens is 1. The summed E-state index contributed by atoms with van der Waals surface area (Å²) in [6.07, 6.45) is 2.01. The number of hydrogen-bond acceptors (Lipinski definition) is 4. The monoisotopic (exact) mass is 279 g/mol. The summed E-state index contributed by atoms with van der Waals surface area (Å²) in [6.45, 7) is 9.82. The SMILES string of the molecule is CC(C)CNCc1ccc(N2CCSCC2C)nc1. The van der Waals surface area contributed by atoms with Crippen molar-refractivity contribution in [3.05, 3.63) is 23.9 Å². The third-order valence-electron chi connectivity index (χ3n) is 3.35. The van der Waals surface area contributed by atoms with Crippen LogP contribution >= 0.6 is 11.8 Å². The van der Waals surface area contributed by atoms with Crippen molar-refractivity contribution in [3.63, 3.8) is 0 Å². The van der Waals surface area contributed by atoms with Gasteiger partial charge in [0.2, 0.25) is 0 Å². The minimum absolute atomic E-state index is 0.594. The smallest absolute Gasteiger partial charge is 0.128 e. The maximum atomic E-state index is 4.63. The first kappa shape index (κ1) is 14.7. The molecule has 1 fully saturated rings. The minimum Gasteiger partial charge on any atom is -0.352 e. The Bertz CT molecular complexity index is 377. The van der Waals surface area contributed by atoms with Crippen LogP contribution in [0.25, 0.3) is 0 Å². The molecule has 2 heterocycles. The molecule has 0 bridgehead atoms. The lowest BCUT2D eigenvalue weighted by molar-refractivity contribution is 0.552. The molecule has 0 radical (unpaired) electrons. The standard InChI is InChI=1S/C15H25N3S/c1-12(2)8-16-9-14-4-5-15(17-10-14)18-6-7-19-11-13(18)3/h4-5,10,12-13,16H,6-9,11H2,1-3H3. The molecule has 4 heteroatoms. The number of nitrogens with zero attached hydrogens (tertiary/aromatic N) is 2. The molecule has 106 valence electrons. The predicted octanol–water partition coefficient (Wildman–Crippen LogP) is 2.77. The van der Waals surface area contributed by atoms with Crippen LogP contribution in [0.4, 0.5) is 5.82 Å². The Balaban J connectivity index is 1.90. The molecule has 0 aliphatic carbocycles. The molecule has 3 nitrogen and oxygen atoms in total. The molecule has 1 aliphatic heterocycles. The van der Waals surface area contributed by atoms with Crippen LogP contribution in [0, 0.1) is 5.92 Å². The van der Waals surface area contributed by atoms with E-state index in [1.807, 2.05) is 18.0 Å². The summed E-state index contributed by atoms with van der Waals surface area (Å²) in [4.78, 5) is 7.05. The molecular formula is C15H25N3S. The zero-order chi connectivity index (χ0) is 13.7. The number of anilines is 1. The van der Waals surface area contributed by atoms with Crippen LogP contribution in [-0.4, -0.2) is 35.6 Å². The molecule has 1 saturated heterocycles. The molecule has 0 aromatic carbocycles. The second-order valence-electron chi connectivity index (χ2n) is 5.67. The van der Waals surface area contributed by atoms with Crippen molar-refractivity contribution in [2.24, 2.45) is 5.92 Å². The van der Waals surface area contributed by atoms with Crippen LogP contribution in [0.1, 0.15) is 26.3 Å². The van der Waals surface area contributed by atoms with E-state index in [1.54, 1.807) is 0 Å². The van der Waals surface area contributed by atoms with Gasteiger partial charge in [0, 0.05) is 36.8 Å². The van der Waals surface area contributed by atoms with E-state index < -0.39 is 0 Å². The molecule has 1 aliphatic rings. The zero-order valence-corrected chi connectivity index (χ0v) is 13.0. The van der Waals surface area contributed by atoms with Crippen molar-refractivity contribution in [3.8, 4) is 0 Å². The van der Waals surface area contributed by atoms with Gasteiger partial charge in [-0.15, -0.1) is 0 Å². The second-order valence-corrected chi connectivity index (χ2v) is 6.82. The van der Waals surface area contributed by atoms with Crippen molar-refractivity contribution in [1.29, 1.82) is 0 Å². The molecule has 2 rings (SSSR count). The number of thioether (sulfide) groups is 1. The number of hydrogen-bond donors (Lipinski definition) is 1. The summed E-state index contributed by atoms with van der Waals surface area (Å²) in [5.74, 6) is 4.24. The molecule has 0 spiro atoms. The van der Waals surface area contributed by atoms with E-state index in [-0.39, 0.29) is 0 Å². The van der Waals surface area contributed by atoms with Gasteiger partial charge in [-0.2, -0.15) is 11.8 Å². The summed E-state index contributed by atoms with van der Waals surface area (Å²) >= 11 is 2.04. The number of pyridine rings is 1. The third kappa shape index (κ3) is 4.39. The third-order valence-corrected chi connectivity index (χ3v) is 4.54. The van der Waals surface area contributed by atoms with E-state index in [1.165, 1.54) is 17.1 Å². The first-order valence-electron chi connectivity index (χ1n) is 7.17. The maximum absolute atomic E-state index is 4.63. The van der Waals surface area contributed by atoms with Crippen molar-refractivity contribution in [2.75, 3.05) is 29.5 Å². The summed E-state index contributed by atoms with van der Waals surface area (Å²) in [5.41, 5.74) is 1.27. The molecule has 1 atom stereocenters. The van der Waals surface area contributed by atoms with Crippen molar-refractivity contribution < 1.29 is 0 Å². The summed E-state index contributed by atoms with van der Waals surface area (Å²) in [6, 6.07) is 4.96. The highest BCUT2D eigenvalue weighted by molar-refractivity contribution is 7.99. The van der Waals surface area contributed by atoms with Gasteiger partial charge in [0.15, 0.2) is 0 Å². The van der Waals surface area contributed by atoms with E-state index in [9.17, 15) is 0 Å². The van der Waals surface area contributed by atoms with Gasteiger partial charge >= 0.3 is 0 Å². The average molecular weight is 279 g/mol. The predicted molar refractivity (Wildman–Crippen MR) is 84.9 cm³/mol. The van der Waals surface area contributed by atoms with Crippen LogP contribution in [0.2, 0.25) is 0 Å². The largest absolute Gasteiger partial charge is 0.352 e. The van der Waals surface area contributed by atoms with Gasteiger partial charge in [0.05, 0.1) is 0 Å². The van der Waals surface area contributed by atoms with E-state index in [2.05, 4.69) is 48.1 Å². The highest BCUT2D eigenvalue weighted by Gasteiger charge is 2.19. The Morgan fingerprint density at radius 2 is 2.32 bits per heavy atom. The fourth-order valence-electron chi connectivity index (χ4n) is 2.26. The van der Waals surface area contributed by atoms with Gasteiger partial charge in [-0.25, -0.2) is 4.98 Å². The van der Waals surface area contributed by atoms with Crippen LogP contribution in [-0.2, 0) is 6.54 Å². The molecule has 1 aromatic rings. The Kier molecular flexibility index (Phi) is 5.52. The molecule has 1 unspecified atom stereocenters. The van der Waals surface area contributed by atoms with Crippen molar-refractivity contribution in [2.45, 2.75) is 33.4 Å². The summed E-state index contributed by atoms with van der Waals surface area (Å²) < 4.78 is 0. The Hall–Kier alpha value is -0.740. The van der Waals surface area contributed by atoms with Gasteiger partial charge in [0.25, 0.3) is 0 Å². The van der Waals surface area contributed by atoms with Crippen LogP contribution in [0.3, 0.4) is 0 Å². The number of rotatable bonds is 5. The first-order chi connectivity index (χ1) is 9.16. The lowest BCUT2D eigenvalue weighted by atomic mass is 10.2. The van der Waals surface area contributed by atoms with E-state index in [4.69, 9.17) is 0 Å². The van der Waals surface area contributed by atoms with E-state index >= 15 is 0 Å². The first-order valence-corrected chi connectivity index (χ1v) is 8.32. The summed E-state index contributed by atoms with van der Waals surface area (Å²) in [5, 5.41) is 3.45. The minimum atomic E-state index is 0.594. The summed E-state index contributed by atoms with van der Waals surface area (Å²) in [7, 11) is 0. The molecular weight excluding hydrogens is 254 g/mol. The van der Waals surface area contributed by atoms with Gasteiger partial charge in [-0.1, -0.05) is 19.9 Å². The lowest BCUT2D eigenvalue weighted by Crippen LogP contribution is -2.40. The zero-order valence-electron chi connectivity index (χ0n) is 12.2. The van der Waals surface area contributed by atoms with E-state index in [0.29, 0.717) is 12.0 Å². The fraction of sp³-hybridized carbons (Fsp3) is 0.667. The van der Waals surface area contributed by atoms with Gasteiger partial charge in [-0.05, 0) is 31.0 Å². The second kappa shape index (κ2) is 7.15. The number of nitrogens with one attached hydrogen (secondary N) is 1. The van der Waals surface area contributed by atoms with Gasteiger partial charge in [0.1, 0.15) is 5.82 Å². The lowest BCUT2D eigenvalue weighted by Gasteiger charge is -2.34. The Morgan fingerprint density at radius 1 is 1.47 bits per heavy atom. The average Bonchev–Trinajstić information content (AvgIpc) is 2.40. The topological polar surface area (TPSA) is 28.2 Å². The van der Waals surface area contributed by atoms with Crippen molar-refractivity contribution in [1.82, 2.24) is 10.3 Å². The Labute approximate surface area is 121 Å². The quantitative estimate of drug-likeness (QED) is 0.897.